The smallest absolute Gasteiger partial charge is 0.154 e. The average Bonchev–Trinajstić information content (AvgIpc) is 2.48. The lowest BCUT2D eigenvalue weighted by Gasteiger charge is -1.86. The lowest BCUT2D eigenvalue weighted by molar-refractivity contribution is 0.393. The Morgan fingerprint density at radius 2 is 2.42 bits per heavy atom. The third-order valence-corrected chi connectivity index (χ3v) is 1.19. The Morgan fingerprint density at radius 1 is 1.42 bits per heavy atom. The minimum absolute atomic E-state index is 0.522. The summed E-state index contributed by atoms with van der Waals surface area (Å²) in [7, 11) is 0. The second-order valence-electron chi connectivity index (χ2n) is 1.92. The van der Waals surface area contributed by atoms with Crippen LogP contribution in [0.25, 0.3) is 5.70 Å². The quantitative estimate of drug-likeness (QED) is 0.649. The molecule has 0 radical (unpaired) electrons. The van der Waals surface area contributed by atoms with E-state index in [1.165, 1.54) is 12.5 Å². The first kappa shape index (κ1) is 6.65. The highest BCUT2D eigenvalue weighted by molar-refractivity contribution is 5.82. The molecule has 1 aromatic rings. The molecule has 0 atom stereocenters. The van der Waals surface area contributed by atoms with E-state index in [1.807, 2.05) is 0 Å². The van der Waals surface area contributed by atoms with Crippen LogP contribution in [-0.2, 0) is 0 Å². The van der Waals surface area contributed by atoms with E-state index in [4.69, 9.17) is 0 Å². The summed E-state index contributed by atoms with van der Waals surface area (Å²) in [6.45, 7) is 0. The van der Waals surface area contributed by atoms with Gasteiger partial charge in [0, 0.05) is 5.27 Å². The molecule has 0 unspecified atom stereocenters. The molecule has 1 aliphatic rings. The Bertz CT molecular complexity index is 337. The molecule has 60 valence electrons. The van der Waals surface area contributed by atoms with Crippen molar-refractivity contribution in [1.29, 1.82) is 0 Å². The standard InChI is InChI=1S/C5H4N6O/c1-2-6-9-10-7-4(1)5-3-12-11-8-5/h1-3H,(H,7,9). The van der Waals surface area contributed by atoms with Crippen LogP contribution in [0.5, 0.6) is 0 Å². The van der Waals surface area contributed by atoms with Gasteiger partial charge in [0.1, 0.15) is 5.70 Å². The van der Waals surface area contributed by atoms with Crippen LogP contribution < -0.4 is 5.53 Å². The molecule has 1 aliphatic heterocycles. The molecule has 2 heterocycles. The molecule has 0 amide bonds. The highest BCUT2D eigenvalue weighted by Gasteiger charge is 2.04. The second kappa shape index (κ2) is 2.91. The van der Waals surface area contributed by atoms with Crippen LogP contribution in [0.1, 0.15) is 5.69 Å². The largest absolute Gasteiger partial charge is 0.345 e. The summed E-state index contributed by atoms with van der Waals surface area (Å²) in [4.78, 5) is 0. The summed E-state index contributed by atoms with van der Waals surface area (Å²) in [5.41, 5.74) is 3.40. The fourth-order valence-corrected chi connectivity index (χ4v) is 0.689. The first-order valence-corrected chi connectivity index (χ1v) is 3.13. The number of nitrogens with zero attached hydrogens (tertiary/aromatic N) is 5. The van der Waals surface area contributed by atoms with Crippen molar-refractivity contribution in [3.8, 4) is 0 Å². The van der Waals surface area contributed by atoms with Gasteiger partial charge in [-0.25, -0.2) is 0 Å². The summed E-state index contributed by atoms with van der Waals surface area (Å²) in [5, 5.41) is 17.9. The van der Waals surface area contributed by atoms with Crippen molar-refractivity contribution in [1.82, 2.24) is 15.9 Å². The van der Waals surface area contributed by atoms with Crippen molar-refractivity contribution in [2.75, 3.05) is 0 Å². The van der Waals surface area contributed by atoms with Gasteiger partial charge in [-0.2, -0.15) is 10.6 Å². The minimum atomic E-state index is 0.522. The van der Waals surface area contributed by atoms with Crippen LogP contribution in [0, 0.1) is 0 Å². The van der Waals surface area contributed by atoms with E-state index in [0.717, 1.165) is 0 Å². The maximum atomic E-state index is 4.54. The zero-order valence-electron chi connectivity index (χ0n) is 5.88. The van der Waals surface area contributed by atoms with E-state index >= 15 is 0 Å². The fraction of sp³-hybridized carbons (Fsp3) is 0. The molecule has 2 rings (SSSR count). The van der Waals surface area contributed by atoms with Crippen LogP contribution >= 0.6 is 0 Å². The molecule has 1 aromatic heterocycles. The molecule has 0 bridgehead atoms. The molecule has 1 N–H and O–H groups in total. The molecule has 0 saturated heterocycles. The predicted molar refractivity (Wildman–Crippen MR) is 38.8 cm³/mol. The van der Waals surface area contributed by atoms with Crippen LogP contribution in [0.3, 0.4) is 0 Å². The van der Waals surface area contributed by atoms with Crippen LogP contribution in [0.15, 0.2) is 32.3 Å². The highest BCUT2D eigenvalue weighted by Crippen LogP contribution is 2.12. The number of hydrogen-bond acceptors (Lipinski definition) is 7. The first-order chi connectivity index (χ1) is 5.97. The Kier molecular flexibility index (Phi) is 1.61. The van der Waals surface area contributed by atoms with Gasteiger partial charge in [-0.1, -0.05) is 5.22 Å². The maximum absolute atomic E-state index is 4.54. The van der Waals surface area contributed by atoms with Crippen LogP contribution in [-0.4, -0.2) is 16.6 Å². The number of hydrazone groups is 1. The van der Waals surface area contributed by atoms with Gasteiger partial charge in [-0.05, 0) is 6.08 Å². The Balaban J connectivity index is 2.34. The lowest BCUT2D eigenvalue weighted by atomic mass is 10.3. The summed E-state index contributed by atoms with van der Waals surface area (Å²) >= 11 is 0. The number of hydrogen-bond donors (Lipinski definition) is 1. The third kappa shape index (κ3) is 1.19. The van der Waals surface area contributed by atoms with Gasteiger partial charge in [0.15, 0.2) is 12.0 Å². The first-order valence-electron chi connectivity index (χ1n) is 3.13. The van der Waals surface area contributed by atoms with Crippen molar-refractivity contribution in [2.45, 2.75) is 0 Å². The number of aromatic nitrogens is 2. The van der Waals surface area contributed by atoms with Crippen molar-refractivity contribution < 1.29 is 4.52 Å². The predicted octanol–water partition coefficient (Wildman–Crippen LogP) is 0.367. The Hall–Kier alpha value is -2.05. The normalized spacial score (nSPS) is 15.2. The molecule has 0 spiro atoms. The summed E-state index contributed by atoms with van der Waals surface area (Å²) in [6.07, 6.45) is 4.54. The van der Waals surface area contributed by atoms with Gasteiger partial charge < -0.3 is 4.52 Å². The molecule has 7 heteroatoms. The van der Waals surface area contributed by atoms with Gasteiger partial charge in [-0.15, -0.1) is 10.2 Å². The monoisotopic (exact) mass is 164 g/mol. The molecule has 0 aliphatic carbocycles. The number of nitrogens with one attached hydrogen (secondary N) is 1. The molecular weight excluding hydrogens is 160 g/mol. The van der Waals surface area contributed by atoms with E-state index in [1.54, 1.807) is 6.08 Å². The third-order valence-electron chi connectivity index (χ3n) is 1.19. The van der Waals surface area contributed by atoms with Crippen molar-refractivity contribution in [3.05, 3.63) is 18.0 Å². The van der Waals surface area contributed by atoms with Gasteiger partial charge >= 0.3 is 0 Å². The summed E-state index contributed by atoms with van der Waals surface area (Å²) in [6, 6.07) is 0. The topological polar surface area (TPSA) is 88.0 Å². The molecule has 0 aromatic carbocycles. The van der Waals surface area contributed by atoms with E-state index in [2.05, 4.69) is 35.9 Å². The molecular formula is C5H4N6O. The molecule has 7 nitrogen and oxygen atoms in total. The van der Waals surface area contributed by atoms with Gasteiger partial charge in [0.2, 0.25) is 0 Å². The van der Waals surface area contributed by atoms with Crippen molar-refractivity contribution >= 4 is 11.9 Å². The lowest BCUT2D eigenvalue weighted by Crippen LogP contribution is -1.88. The minimum Gasteiger partial charge on any atom is -0.345 e. The summed E-state index contributed by atoms with van der Waals surface area (Å²) < 4.78 is 4.54. The maximum Gasteiger partial charge on any atom is 0.154 e. The van der Waals surface area contributed by atoms with Gasteiger partial charge in [0.05, 0.1) is 6.21 Å². The SMILES string of the molecule is C1=NNN=NC(c2conn2)=C1. The Labute approximate surface area is 66.8 Å². The second-order valence-corrected chi connectivity index (χ2v) is 1.92. The molecule has 0 saturated carbocycles. The van der Waals surface area contributed by atoms with Crippen molar-refractivity contribution in [3.63, 3.8) is 0 Å². The zero-order chi connectivity index (χ0) is 8.23. The molecule has 0 fully saturated rings. The summed E-state index contributed by atoms with van der Waals surface area (Å²) in [5.74, 6) is 0. The zero-order valence-corrected chi connectivity index (χ0v) is 5.88. The van der Waals surface area contributed by atoms with Crippen molar-refractivity contribution in [2.24, 2.45) is 15.4 Å². The van der Waals surface area contributed by atoms with Gasteiger partial charge in [-0.3, -0.25) is 0 Å². The number of allylic oxidation sites excluding steroid dienone is 1. The molecule has 12 heavy (non-hydrogen) atoms. The van der Waals surface area contributed by atoms with Crippen LogP contribution in [0.2, 0.25) is 0 Å². The van der Waals surface area contributed by atoms with E-state index < -0.39 is 0 Å². The van der Waals surface area contributed by atoms with E-state index in [9.17, 15) is 0 Å². The van der Waals surface area contributed by atoms with E-state index in [0.29, 0.717) is 11.4 Å². The Morgan fingerprint density at radius 3 is 3.25 bits per heavy atom. The number of rotatable bonds is 1. The van der Waals surface area contributed by atoms with Gasteiger partial charge in [0.25, 0.3) is 0 Å². The van der Waals surface area contributed by atoms with Crippen LogP contribution in [0.4, 0.5) is 0 Å². The average molecular weight is 164 g/mol. The van der Waals surface area contributed by atoms with E-state index in [-0.39, 0.29) is 0 Å². The highest BCUT2D eigenvalue weighted by atomic mass is 16.5. The fourth-order valence-electron chi connectivity index (χ4n) is 0.689.